The average molecular weight is 405 g/mol. The van der Waals surface area contributed by atoms with Crippen LogP contribution in [0.2, 0.25) is 0 Å². The molecular formula is C21H25FN2O3S. The Morgan fingerprint density at radius 3 is 2.25 bits per heavy atom. The molecule has 1 saturated heterocycles. The summed E-state index contributed by atoms with van der Waals surface area (Å²) in [5.74, 6) is -0.914. The lowest BCUT2D eigenvalue weighted by Gasteiger charge is -2.31. The average Bonchev–Trinajstić information content (AvgIpc) is 2.60. The SMILES string of the molecule is Cc1cc(C)c(S(=O)(=O)N2CCC(C(=O)Nc3cccc(F)c3)CC2)c(C)c1. The van der Waals surface area contributed by atoms with Gasteiger partial charge in [-0.1, -0.05) is 23.8 Å². The van der Waals surface area contributed by atoms with E-state index < -0.39 is 15.8 Å². The number of aryl methyl sites for hydroxylation is 3. The van der Waals surface area contributed by atoms with E-state index in [9.17, 15) is 17.6 Å². The van der Waals surface area contributed by atoms with Gasteiger partial charge in [-0.25, -0.2) is 12.8 Å². The van der Waals surface area contributed by atoms with Crippen molar-refractivity contribution < 1.29 is 17.6 Å². The first-order chi connectivity index (χ1) is 13.2. The fourth-order valence-electron chi connectivity index (χ4n) is 3.87. The molecule has 2 aromatic carbocycles. The van der Waals surface area contributed by atoms with Crippen molar-refractivity contribution in [1.29, 1.82) is 0 Å². The Bertz CT molecular complexity index is 973. The lowest BCUT2D eigenvalue weighted by molar-refractivity contribution is -0.120. The first kappa shape index (κ1) is 20.5. The molecule has 0 bridgehead atoms. The molecule has 1 heterocycles. The van der Waals surface area contributed by atoms with E-state index in [1.807, 2.05) is 32.9 Å². The molecule has 2 aromatic rings. The van der Waals surface area contributed by atoms with E-state index in [2.05, 4.69) is 5.32 Å². The minimum Gasteiger partial charge on any atom is -0.326 e. The Balaban J connectivity index is 1.69. The van der Waals surface area contributed by atoms with Crippen molar-refractivity contribution in [2.24, 2.45) is 5.92 Å². The topological polar surface area (TPSA) is 66.5 Å². The molecule has 0 radical (unpaired) electrons. The summed E-state index contributed by atoms with van der Waals surface area (Å²) in [4.78, 5) is 12.8. The maximum Gasteiger partial charge on any atom is 0.243 e. The van der Waals surface area contributed by atoms with E-state index >= 15 is 0 Å². The number of rotatable bonds is 4. The zero-order valence-electron chi connectivity index (χ0n) is 16.3. The van der Waals surface area contributed by atoms with E-state index in [-0.39, 0.29) is 24.9 Å². The number of sulfonamides is 1. The molecule has 0 unspecified atom stereocenters. The van der Waals surface area contributed by atoms with Gasteiger partial charge in [-0.3, -0.25) is 4.79 Å². The third kappa shape index (κ3) is 4.25. The minimum absolute atomic E-state index is 0.203. The highest BCUT2D eigenvalue weighted by atomic mass is 32.2. The van der Waals surface area contributed by atoms with Crippen LogP contribution in [0.3, 0.4) is 0 Å². The fourth-order valence-corrected chi connectivity index (χ4v) is 5.75. The number of hydrogen-bond donors (Lipinski definition) is 1. The zero-order valence-corrected chi connectivity index (χ0v) is 17.1. The monoisotopic (exact) mass is 404 g/mol. The van der Waals surface area contributed by atoms with E-state index in [4.69, 9.17) is 0 Å². The van der Waals surface area contributed by atoms with Crippen LogP contribution in [0.5, 0.6) is 0 Å². The van der Waals surface area contributed by atoms with Gasteiger partial charge < -0.3 is 5.32 Å². The molecule has 0 aromatic heterocycles. The predicted molar refractivity (Wildman–Crippen MR) is 107 cm³/mol. The van der Waals surface area contributed by atoms with E-state index in [1.54, 1.807) is 6.07 Å². The molecule has 150 valence electrons. The quantitative estimate of drug-likeness (QED) is 0.843. The largest absolute Gasteiger partial charge is 0.326 e. The van der Waals surface area contributed by atoms with Crippen LogP contribution in [0.15, 0.2) is 41.3 Å². The van der Waals surface area contributed by atoms with Gasteiger partial charge >= 0.3 is 0 Å². The molecule has 0 aliphatic carbocycles. The van der Waals surface area contributed by atoms with Gasteiger partial charge in [0, 0.05) is 24.7 Å². The predicted octanol–water partition coefficient (Wildman–Crippen LogP) is 3.79. The fraction of sp³-hybridized carbons (Fsp3) is 0.381. The summed E-state index contributed by atoms with van der Waals surface area (Å²) in [6, 6.07) is 9.49. The highest BCUT2D eigenvalue weighted by molar-refractivity contribution is 7.89. The number of nitrogens with zero attached hydrogens (tertiary/aromatic N) is 1. The van der Waals surface area contributed by atoms with Gasteiger partial charge in [0.1, 0.15) is 5.82 Å². The van der Waals surface area contributed by atoms with Crippen molar-refractivity contribution in [3.05, 3.63) is 58.9 Å². The maximum atomic E-state index is 13.3. The molecule has 7 heteroatoms. The highest BCUT2D eigenvalue weighted by Crippen LogP contribution is 2.29. The number of nitrogens with one attached hydrogen (secondary N) is 1. The lowest BCUT2D eigenvalue weighted by atomic mass is 9.97. The maximum absolute atomic E-state index is 13.3. The first-order valence-corrected chi connectivity index (χ1v) is 10.8. The van der Waals surface area contributed by atoms with Crippen LogP contribution in [0.4, 0.5) is 10.1 Å². The van der Waals surface area contributed by atoms with Gasteiger partial charge in [0.05, 0.1) is 4.90 Å². The Hall–Kier alpha value is -2.25. The number of halogens is 1. The van der Waals surface area contributed by atoms with Crippen LogP contribution in [0.1, 0.15) is 29.5 Å². The number of carbonyl (C=O) groups is 1. The molecule has 1 aliphatic rings. The molecule has 3 rings (SSSR count). The van der Waals surface area contributed by atoms with E-state index in [0.29, 0.717) is 23.4 Å². The Labute approximate surface area is 165 Å². The van der Waals surface area contributed by atoms with Gasteiger partial charge in [0.15, 0.2) is 0 Å². The number of anilines is 1. The molecular weight excluding hydrogens is 379 g/mol. The smallest absolute Gasteiger partial charge is 0.243 e. The number of piperidine rings is 1. The molecule has 1 amide bonds. The molecule has 1 fully saturated rings. The van der Waals surface area contributed by atoms with Crippen LogP contribution in [-0.2, 0) is 14.8 Å². The molecule has 1 N–H and O–H groups in total. The number of benzene rings is 2. The number of hydrogen-bond acceptors (Lipinski definition) is 3. The second-order valence-electron chi connectivity index (χ2n) is 7.41. The van der Waals surface area contributed by atoms with Crippen molar-refractivity contribution in [3.8, 4) is 0 Å². The van der Waals surface area contributed by atoms with Gasteiger partial charge in [0.2, 0.25) is 15.9 Å². The van der Waals surface area contributed by atoms with Gasteiger partial charge in [-0.15, -0.1) is 0 Å². The van der Waals surface area contributed by atoms with Gasteiger partial charge in [-0.05, 0) is 62.9 Å². The van der Waals surface area contributed by atoms with E-state index in [1.165, 1.54) is 22.5 Å². The molecule has 1 aliphatic heterocycles. The van der Waals surface area contributed by atoms with Crippen molar-refractivity contribution >= 4 is 21.6 Å². The molecule has 28 heavy (non-hydrogen) atoms. The second kappa shape index (κ2) is 8.01. The third-order valence-corrected chi connectivity index (χ3v) is 7.32. The summed E-state index contributed by atoms with van der Waals surface area (Å²) >= 11 is 0. The second-order valence-corrected chi connectivity index (χ2v) is 9.28. The van der Waals surface area contributed by atoms with Crippen molar-refractivity contribution in [3.63, 3.8) is 0 Å². The molecule has 5 nitrogen and oxygen atoms in total. The summed E-state index contributed by atoms with van der Waals surface area (Å²) in [5, 5.41) is 2.72. The van der Waals surface area contributed by atoms with Crippen molar-refractivity contribution in [1.82, 2.24) is 4.31 Å². The Kier molecular flexibility index (Phi) is 5.86. The van der Waals surface area contributed by atoms with Gasteiger partial charge in [0.25, 0.3) is 0 Å². The number of carbonyl (C=O) groups excluding carboxylic acids is 1. The van der Waals surface area contributed by atoms with Crippen LogP contribution in [-0.4, -0.2) is 31.7 Å². The Morgan fingerprint density at radius 1 is 1.07 bits per heavy atom. The summed E-state index contributed by atoms with van der Waals surface area (Å²) in [6.45, 7) is 6.14. The number of amides is 1. The van der Waals surface area contributed by atoms with Crippen LogP contribution >= 0.6 is 0 Å². The van der Waals surface area contributed by atoms with E-state index in [0.717, 1.165) is 16.7 Å². The zero-order chi connectivity index (χ0) is 20.5. The first-order valence-electron chi connectivity index (χ1n) is 9.33. The Morgan fingerprint density at radius 2 is 1.68 bits per heavy atom. The van der Waals surface area contributed by atoms with Crippen molar-refractivity contribution in [2.75, 3.05) is 18.4 Å². The lowest BCUT2D eigenvalue weighted by Crippen LogP contribution is -2.41. The standard InChI is InChI=1S/C21H25FN2O3S/c1-14-11-15(2)20(16(3)12-14)28(26,27)24-9-7-17(8-10-24)21(25)23-19-6-4-5-18(22)13-19/h4-6,11-13,17H,7-10H2,1-3H3,(H,23,25). The summed E-state index contributed by atoms with van der Waals surface area (Å²) < 4.78 is 41.0. The summed E-state index contributed by atoms with van der Waals surface area (Å²) in [6.07, 6.45) is 0.870. The normalized spacial score (nSPS) is 16.1. The third-order valence-electron chi connectivity index (χ3n) is 5.12. The molecule has 0 saturated carbocycles. The summed E-state index contributed by atoms with van der Waals surface area (Å²) in [7, 11) is -3.60. The summed E-state index contributed by atoms with van der Waals surface area (Å²) in [5.41, 5.74) is 2.92. The van der Waals surface area contributed by atoms with Crippen LogP contribution in [0, 0.1) is 32.5 Å². The van der Waals surface area contributed by atoms with Gasteiger partial charge in [-0.2, -0.15) is 4.31 Å². The molecule has 0 atom stereocenters. The molecule has 0 spiro atoms. The van der Waals surface area contributed by atoms with Crippen molar-refractivity contribution in [2.45, 2.75) is 38.5 Å². The minimum atomic E-state index is -3.60. The highest BCUT2D eigenvalue weighted by Gasteiger charge is 2.33. The van der Waals surface area contributed by atoms with Crippen LogP contribution in [0.25, 0.3) is 0 Å². The van der Waals surface area contributed by atoms with Crippen LogP contribution < -0.4 is 5.32 Å².